The molecule has 0 saturated heterocycles. The summed E-state index contributed by atoms with van der Waals surface area (Å²) in [5, 5.41) is 0.0396. The molecule has 1 heterocycles. The van der Waals surface area contributed by atoms with Crippen molar-refractivity contribution in [3.05, 3.63) is 36.8 Å². The topological polar surface area (TPSA) is 78.1 Å². The molecule has 2 N–H and O–H groups in total. The molecule has 2 aromatic rings. The fraction of sp³-hybridized carbons (Fsp3) is 0.182. The lowest BCUT2D eigenvalue weighted by Gasteiger charge is -2.14. The molecule has 0 aliphatic heterocycles. The molecule has 1 aromatic carbocycles. The van der Waals surface area contributed by atoms with Crippen LogP contribution in [0.15, 0.2) is 41.8 Å². The molecule has 6 nitrogen and oxygen atoms in total. The number of aromatic amines is 1. The Morgan fingerprint density at radius 1 is 1.33 bits per heavy atom. The Kier molecular flexibility index (Phi) is 3.24. The van der Waals surface area contributed by atoms with Crippen molar-refractivity contribution >= 4 is 21.4 Å². The Bertz CT molecular complexity index is 620. The van der Waals surface area contributed by atoms with Gasteiger partial charge < -0.3 is 9.88 Å². The van der Waals surface area contributed by atoms with Crippen LogP contribution in [-0.2, 0) is 10.0 Å². The standard InChI is InChI=1S/C11H14N4O2S/c1-15(2)10-5-3-4-9(6-10)14-18(16,17)11-7-12-8-13-11/h3-8,14H,1-2H3,(H,12,13). The number of sulfonamides is 1. The van der Waals surface area contributed by atoms with E-state index in [1.54, 1.807) is 18.2 Å². The van der Waals surface area contributed by atoms with Crippen molar-refractivity contribution in [1.29, 1.82) is 0 Å². The molecule has 1 aromatic heterocycles. The Balaban J connectivity index is 2.27. The average molecular weight is 266 g/mol. The highest BCUT2D eigenvalue weighted by Gasteiger charge is 2.15. The Hall–Kier alpha value is -2.02. The van der Waals surface area contributed by atoms with Gasteiger partial charge in [-0.1, -0.05) is 6.07 Å². The van der Waals surface area contributed by atoms with Crippen LogP contribution in [0.4, 0.5) is 11.4 Å². The summed E-state index contributed by atoms with van der Waals surface area (Å²) in [7, 11) is 0.184. The first-order valence-electron chi connectivity index (χ1n) is 5.27. The summed E-state index contributed by atoms with van der Waals surface area (Å²) in [6.45, 7) is 0. The minimum absolute atomic E-state index is 0.0396. The number of benzene rings is 1. The van der Waals surface area contributed by atoms with E-state index in [4.69, 9.17) is 0 Å². The van der Waals surface area contributed by atoms with Gasteiger partial charge in [-0.2, -0.15) is 8.42 Å². The molecule has 18 heavy (non-hydrogen) atoms. The number of imidazole rings is 1. The number of nitrogens with one attached hydrogen (secondary N) is 2. The maximum atomic E-state index is 11.9. The number of nitrogens with zero attached hydrogens (tertiary/aromatic N) is 2. The van der Waals surface area contributed by atoms with E-state index in [0.29, 0.717) is 5.69 Å². The number of hydrogen-bond donors (Lipinski definition) is 2. The van der Waals surface area contributed by atoms with E-state index in [2.05, 4.69) is 14.7 Å². The average Bonchev–Trinajstić information content (AvgIpc) is 2.82. The van der Waals surface area contributed by atoms with Gasteiger partial charge in [-0.15, -0.1) is 0 Å². The van der Waals surface area contributed by atoms with Gasteiger partial charge in [-0.05, 0) is 18.2 Å². The van der Waals surface area contributed by atoms with Crippen LogP contribution in [0.5, 0.6) is 0 Å². The van der Waals surface area contributed by atoms with E-state index in [9.17, 15) is 8.42 Å². The highest BCUT2D eigenvalue weighted by Crippen LogP contribution is 2.19. The van der Waals surface area contributed by atoms with Crippen molar-refractivity contribution in [2.75, 3.05) is 23.7 Å². The molecular weight excluding hydrogens is 252 g/mol. The van der Waals surface area contributed by atoms with Crippen LogP contribution >= 0.6 is 0 Å². The van der Waals surface area contributed by atoms with E-state index in [-0.39, 0.29) is 5.03 Å². The summed E-state index contributed by atoms with van der Waals surface area (Å²) in [6, 6.07) is 7.14. The van der Waals surface area contributed by atoms with Crippen LogP contribution in [0.25, 0.3) is 0 Å². The molecular formula is C11H14N4O2S. The maximum absolute atomic E-state index is 11.9. The number of anilines is 2. The monoisotopic (exact) mass is 266 g/mol. The lowest BCUT2D eigenvalue weighted by Crippen LogP contribution is -2.14. The molecule has 0 aliphatic carbocycles. The van der Waals surface area contributed by atoms with Gasteiger partial charge in [0.05, 0.1) is 18.2 Å². The summed E-state index contributed by atoms with van der Waals surface area (Å²) >= 11 is 0. The van der Waals surface area contributed by atoms with Crippen molar-refractivity contribution in [2.45, 2.75) is 5.03 Å². The van der Waals surface area contributed by atoms with E-state index < -0.39 is 10.0 Å². The Labute approximate surface area is 106 Å². The molecule has 7 heteroatoms. The van der Waals surface area contributed by atoms with Crippen molar-refractivity contribution < 1.29 is 8.42 Å². The predicted molar refractivity (Wildman–Crippen MR) is 70.2 cm³/mol. The molecule has 2 rings (SSSR count). The van der Waals surface area contributed by atoms with Gasteiger partial charge in [-0.3, -0.25) is 4.72 Å². The van der Waals surface area contributed by atoms with Crippen LogP contribution in [0.2, 0.25) is 0 Å². The first kappa shape index (κ1) is 12.4. The molecule has 0 bridgehead atoms. The van der Waals surface area contributed by atoms with Crippen LogP contribution in [-0.4, -0.2) is 32.5 Å². The third-order valence-electron chi connectivity index (χ3n) is 2.38. The normalized spacial score (nSPS) is 11.2. The zero-order chi connectivity index (χ0) is 13.2. The van der Waals surface area contributed by atoms with E-state index >= 15 is 0 Å². The first-order chi connectivity index (χ1) is 8.49. The zero-order valence-electron chi connectivity index (χ0n) is 10.1. The summed E-state index contributed by atoms with van der Waals surface area (Å²) in [4.78, 5) is 8.15. The van der Waals surface area contributed by atoms with Crippen LogP contribution in [0.3, 0.4) is 0 Å². The number of aromatic nitrogens is 2. The molecule has 0 radical (unpaired) electrons. The summed E-state index contributed by atoms with van der Waals surface area (Å²) in [5.74, 6) is 0. The van der Waals surface area contributed by atoms with Crippen LogP contribution < -0.4 is 9.62 Å². The minimum Gasteiger partial charge on any atom is -0.378 e. The van der Waals surface area contributed by atoms with Crippen molar-refractivity contribution in [3.63, 3.8) is 0 Å². The molecule has 0 spiro atoms. The lowest BCUT2D eigenvalue weighted by atomic mass is 10.3. The van der Waals surface area contributed by atoms with Crippen molar-refractivity contribution in [3.8, 4) is 0 Å². The van der Waals surface area contributed by atoms with Gasteiger partial charge in [0.2, 0.25) is 0 Å². The SMILES string of the molecule is CN(C)c1cccc(NS(=O)(=O)c2cnc[nH]2)c1. The summed E-state index contributed by atoms with van der Waals surface area (Å²) < 4.78 is 26.4. The molecule has 0 unspecified atom stereocenters. The van der Waals surface area contributed by atoms with Gasteiger partial charge in [-0.25, -0.2) is 4.98 Å². The zero-order valence-corrected chi connectivity index (χ0v) is 10.9. The minimum atomic E-state index is -3.60. The summed E-state index contributed by atoms with van der Waals surface area (Å²) in [6.07, 6.45) is 2.59. The largest absolute Gasteiger partial charge is 0.378 e. The molecule has 0 atom stereocenters. The second-order valence-electron chi connectivity index (χ2n) is 3.97. The van der Waals surface area contributed by atoms with E-state index in [0.717, 1.165) is 5.69 Å². The maximum Gasteiger partial charge on any atom is 0.278 e. The quantitative estimate of drug-likeness (QED) is 0.873. The number of rotatable bonds is 4. The Morgan fingerprint density at radius 2 is 2.11 bits per heavy atom. The molecule has 0 saturated carbocycles. The van der Waals surface area contributed by atoms with Gasteiger partial charge in [0, 0.05) is 19.8 Å². The fourth-order valence-electron chi connectivity index (χ4n) is 1.45. The third kappa shape index (κ3) is 2.62. The number of H-pyrrole nitrogens is 1. The van der Waals surface area contributed by atoms with E-state index in [1.165, 1.54) is 12.5 Å². The van der Waals surface area contributed by atoms with E-state index in [1.807, 2.05) is 25.1 Å². The van der Waals surface area contributed by atoms with Crippen LogP contribution in [0, 0.1) is 0 Å². The second-order valence-corrected chi connectivity index (χ2v) is 5.62. The van der Waals surface area contributed by atoms with Gasteiger partial charge in [0.15, 0.2) is 5.03 Å². The fourth-order valence-corrected chi connectivity index (χ4v) is 2.40. The molecule has 0 amide bonds. The van der Waals surface area contributed by atoms with Gasteiger partial charge in [0.25, 0.3) is 10.0 Å². The van der Waals surface area contributed by atoms with Crippen molar-refractivity contribution in [1.82, 2.24) is 9.97 Å². The van der Waals surface area contributed by atoms with Gasteiger partial charge in [0.1, 0.15) is 0 Å². The predicted octanol–water partition coefficient (Wildman–Crippen LogP) is 1.28. The lowest BCUT2D eigenvalue weighted by molar-refractivity contribution is 0.598. The first-order valence-corrected chi connectivity index (χ1v) is 6.76. The highest BCUT2D eigenvalue weighted by molar-refractivity contribution is 7.92. The molecule has 0 aliphatic rings. The van der Waals surface area contributed by atoms with Gasteiger partial charge >= 0.3 is 0 Å². The number of hydrogen-bond acceptors (Lipinski definition) is 4. The van der Waals surface area contributed by atoms with Crippen molar-refractivity contribution in [2.24, 2.45) is 0 Å². The molecule has 0 fully saturated rings. The highest BCUT2D eigenvalue weighted by atomic mass is 32.2. The summed E-state index contributed by atoms with van der Waals surface area (Å²) in [5.41, 5.74) is 1.43. The Morgan fingerprint density at radius 3 is 2.72 bits per heavy atom. The molecule has 96 valence electrons. The smallest absolute Gasteiger partial charge is 0.278 e. The second kappa shape index (κ2) is 4.69. The third-order valence-corrected chi connectivity index (χ3v) is 3.68. The van der Waals surface area contributed by atoms with Crippen LogP contribution in [0.1, 0.15) is 0 Å².